The van der Waals surface area contributed by atoms with Crippen LogP contribution in [-0.4, -0.2) is 14.1 Å². The highest BCUT2D eigenvalue weighted by atomic mass is 35.5. The van der Waals surface area contributed by atoms with Crippen molar-refractivity contribution < 1.29 is 0 Å². The van der Waals surface area contributed by atoms with Crippen molar-refractivity contribution in [2.45, 2.75) is 26.4 Å². The first-order chi connectivity index (χ1) is 13.1. The van der Waals surface area contributed by atoms with Crippen LogP contribution in [0.4, 0.5) is 0 Å². The Labute approximate surface area is 163 Å². The molecule has 4 rings (SSSR count). The van der Waals surface area contributed by atoms with Gasteiger partial charge in [-0.3, -0.25) is 5.41 Å². The van der Waals surface area contributed by atoms with Crippen molar-refractivity contribution in [2.24, 2.45) is 0 Å². The van der Waals surface area contributed by atoms with Crippen LogP contribution in [0, 0.1) is 12.3 Å². The molecule has 4 nitrogen and oxygen atoms in total. The Morgan fingerprint density at radius 1 is 0.889 bits per heavy atom. The highest BCUT2D eigenvalue weighted by molar-refractivity contribution is 6.29. The first-order valence-corrected chi connectivity index (χ1v) is 9.38. The van der Waals surface area contributed by atoms with Gasteiger partial charge in [0.2, 0.25) is 5.62 Å². The molecular formula is C22H21ClN4. The number of fused-ring (bicyclic) bond motifs is 1. The van der Waals surface area contributed by atoms with Crippen molar-refractivity contribution in [3.8, 4) is 0 Å². The van der Waals surface area contributed by atoms with Gasteiger partial charge in [0.15, 0.2) is 0 Å². The molecule has 0 atom stereocenters. The van der Waals surface area contributed by atoms with Crippen LogP contribution in [0.5, 0.6) is 0 Å². The van der Waals surface area contributed by atoms with Gasteiger partial charge in [0.05, 0.1) is 17.6 Å². The number of pyridine rings is 1. The molecule has 2 aromatic carbocycles. The second-order valence-corrected chi connectivity index (χ2v) is 7.16. The summed E-state index contributed by atoms with van der Waals surface area (Å²) in [5.74, 6) is 0. The Kier molecular flexibility index (Phi) is 4.82. The third kappa shape index (κ3) is 3.67. The predicted molar refractivity (Wildman–Crippen MR) is 109 cm³/mol. The largest absolute Gasteiger partial charge is 0.310 e. The lowest BCUT2D eigenvalue weighted by Gasteiger charge is -2.06. The highest BCUT2D eigenvalue weighted by Gasteiger charge is 2.11. The SMILES string of the molecule is Cc1ccc(CCn2c(=N)n(Cc3ccc(Cl)nc3)c3ccccc32)cc1. The fraction of sp³-hybridized carbons (Fsp3) is 0.182. The number of imidazole rings is 1. The van der Waals surface area contributed by atoms with Gasteiger partial charge in [-0.25, -0.2) is 4.98 Å². The van der Waals surface area contributed by atoms with E-state index in [2.05, 4.69) is 52.9 Å². The third-order valence-electron chi connectivity index (χ3n) is 4.85. The molecule has 0 saturated heterocycles. The average Bonchev–Trinajstić information content (AvgIpc) is 2.95. The van der Waals surface area contributed by atoms with Crippen LogP contribution < -0.4 is 5.62 Å². The molecule has 0 saturated carbocycles. The maximum absolute atomic E-state index is 8.75. The fourth-order valence-corrected chi connectivity index (χ4v) is 3.47. The molecule has 0 amide bonds. The topological polar surface area (TPSA) is 46.6 Å². The normalized spacial score (nSPS) is 11.2. The summed E-state index contributed by atoms with van der Waals surface area (Å²) in [6.07, 6.45) is 2.67. The lowest BCUT2D eigenvalue weighted by Crippen LogP contribution is -2.25. The van der Waals surface area contributed by atoms with E-state index in [1.54, 1.807) is 12.3 Å². The van der Waals surface area contributed by atoms with Gasteiger partial charge in [0.1, 0.15) is 5.15 Å². The van der Waals surface area contributed by atoms with Gasteiger partial charge in [-0.15, -0.1) is 0 Å². The van der Waals surface area contributed by atoms with E-state index in [0.29, 0.717) is 17.3 Å². The molecular weight excluding hydrogens is 356 g/mol. The zero-order valence-electron chi connectivity index (χ0n) is 15.2. The van der Waals surface area contributed by atoms with Crippen molar-refractivity contribution in [2.75, 3.05) is 0 Å². The van der Waals surface area contributed by atoms with E-state index in [9.17, 15) is 0 Å². The number of halogens is 1. The van der Waals surface area contributed by atoms with Crippen molar-refractivity contribution >= 4 is 22.6 Å². The fourth-order valence-electron chi connectivity index (χ4n) is 3.36. The molecule has 0 aliphatic heterocycles. The Morgan fingerprint density at radius 2 is 1.56 bits per heavy atom. The first kappa shape index (κ1) is 17.6. The number of hydrogen-bond donors (Lipinski definition) is 1. The van der Waals surface area contributed by atoms with Gasteiger partial charge in [0, 0.05) is 12.7 Å². The number of aromatic nitrogens is 3. The van der Waals surface area contributed by atoms with Crippen LogP contribution in [0.15, 0.2) is 66.9 Å². The Hall–Kier alpha value is -2.85. The maximum atomic E-state index is 8.75. The molecule has 5 heteroatoms. The van der Waals surface area contributed by atoms with Crippen LogP contribution in [-0.2, 0) is 19.5 Å². The molecule has 0 bridgehead atoms. The summed E-state index contributed by atoms with van der Waals surface area (Å²) in [7, 11) is 0. The first-order valence-electron chi connectivity index (χ1n) is 9.00. The van der Waals surface area contributed by atoms with E-state index in [4.69, 9.17) is 17.0 Å². The summed E-state index contributed by atoms with van der Waals surface area (Å²) >= 11 is 5.90. The lowest BCUT2D eigenvalue weighted by atomic mass is 10.1. The average molecular weight is 377 g/mol. The minimum absolute atomic E-state index is 0.482. The van der Waals surface area contributed by atoms with E-state index >= 15 is 0 Å². The molecule has 0 aliphatic rings. The standard InChI is InChI=1S/C22H21ClN4/c1-16-6-8-17(9-7-16)12-13-26-19-4-2-3-5-20(19)27(22(26)24)15-18-10-11-21(23)25-14-18/h2-11,14,24H,12-13,15H2,1H3. The number of aryl methyl sites for hydroxylation is 3. The van der Waals surface area contributed by atoms with E-state index in [1.165, 1.54) is 11.1 Å². The van der Waals surface area contributed by atoms with Crippen molar-refractivity contribution in [3.63, 3.8) is 0 Å². The summed E-state index contributed by atoms with van der Waals surface area (Å²) in [5, 5.41) is 9.23. The van der Waals surface area contributed by atoms with E-state index in [1.807, 2.05) is 22.8 Å². The summed E-state index contributed by atoms with van der Waals surface area (Å²) in [5.41, 5.74) is 6.21. The molecule has 0 aliphatic carbocycles. The number of nitrogens with one attached hydrogen (secondary N) is 1. The van der Waals surface area contributed by atoms with E-state index in [0.717, 1.165) is 29.6 Å². The highest BCUT2D eigenvalue weighted by Crippen LogP contribution is 2.16. The minimum Gasteiger partial charge on any atom is -0.310 e. The molecule has 4 aromatic rings. The van der Waals surface area contributed by atoms with Crippen molar-refractivity contribution in [1.82, 2.24) is 14.1 Å². The Balaban J connectivity index is 1.68. The van der Waals surface area contributed by atoms with Gasteiger partial charge in [-0.2, -0.15) is 0 Å². The molecule has 1 N–H and O–H groups in total. The summed E-state index contributed by atoms with van der Waals surface area (Å²) in [6.45, 7) is 3.47. The van der Waals surface area contributed by atoms with Crippen molar-refractivity contribution in [1.29, 1.82) is 5.41 Å². The number of rotatable bonds is 5. The molecule has 0 radical (unpaired) electrons. The second kappa shape index (κ2) is 7.41. The Bertz CT molecular complexity index is 1120. The van der Waals surface area contributed by atoms with Crippen LogP contribution in [0.3, 0.4) is 0 Å². The second-order valence-electron chi connectivity index (χ2n) is 6.77. The van der Waals surface area contributed by atoms with Gasteiger partial charge in [-0.05, 0) is 42.7 Å². The van der Waals surface area contributed by atoms with Crippen LogP contribution in [0.25, 0.3) is 11.0 Å². The van der Waals surface area contributed by atoms with Crippen LogP contribution in [0.2, 0.25) is 5.15 Å². The van der Waals surface area contributed by atoms with E-state index < -0.39 is 0 Å². The Morgan fingerprint density at radius 3 is 2.22 bits per heavy atom. The van der Waals surface area contributed by atoms with Gasteiger partial charge >= 0.3 is 0 Å². The third-order valence-corrected chi connectivity index (χ3v) is 5.07. The summed E-state index contributed by atoms with van der Waals surface area (Å²) in [4.78, 5) is 4.16. The summed E-state index contributed by atoms with van der Waals surface area (Å²) < 4.78 is 4.11. The molecule has 0 fully saturated rings. The minimum atomic E-state index is 0.482. The molecule has 0 spiro atoms. The maximum Gasteiger partial charge on any atom is 0.203 e. The number of nitrogens with zero attached hydrogens (tertiary/aromatic N) is 3. The van der Waals surface area contributed by atoms with Gasteiger partial charge in [-0.1, -0.05) is 59.6 Å². The zero-order valence-corrected chi connectivity index (χ0v) is 15.9. The quantitative estimate of drug-likeness (QED) is 0.509. The number of para-hydroxylation sites is 2. The monoisotopic (exact) mass is 376 g/mol. The number of benzene rings is 2. The summed E-state index contributed by atoms with van der Waals surface area (Å²) in [6, 6.07) is 20.5. The van der Waals surface area contributed by atoms with Crippen LogP contribution in [0.1, 0.15) is 16.7 Å². The molecule has 2 heterocycles. The molecule has 136 valence electrons. The molecule has 27 heavy (non-hydrogen) atoms. The number of hydrogen-bond acceptors (Lipinski definition) is 2. The predicted octanol–water partition coefficient (Wildman–Crippen LogP) is 4.57. The van der Waals surface area contributed by atoms with Crippen molar-refractivity contribution in [3.05, 3.63) is 94.3 Å². The zero-order chi connectivity index (χ0) is 18.8. The smallest absolute Gasteiger partial charge is 0.203 e. The molecule has 0 unspecified atom stereocenters. The molecule has 2 aromatic heterocycles. The van der Waals surface area contributed by atoms with Gasteiger partial charge < -0.3 is 9.13 Å². The van der Waals surface area contributed by atoms with E-state index in [-0.39, 0.29) is 0 Å². The van der Waals surface area contributed by atoms with Gasteiger partial charge in [0.25, 0.3) is 0 Å². The van der Waals surface area contributed by atoms with Crippen LogP contribution >= 0.6 is 11.6 Å². The lowest BCUT2D eigenvalue weighted by molar-refractivity contribution is 0.620.